The van der Waals surface area contributed by atoms with Crippen LogP contribution in [0.1, 0.15) is 13.0 Å². The molecule has 1 aromatic carbocycles. The molecule has 0 aliphatic carbocycles. The maximum atomic E-state index is 12.3. The summed E-state index contributed by atoms with van der Waals surface area (Å²) in [6, 6.07) is 8.65. The molecule has 1 aromatic heterocycles. The summed E-state index contributed by atoms with van der Waals surface area (Å²) in [5.74, 6) is 0. The molecule has 0 amide bonds. The lowest BCUT2D eigenvalue weighted by molar-refractivity contribution is -0.137. The van der Waals surface area contributed by atoms with E-state index in [0.717, 1.165) is 12.4 Å². The molecule has 1 heterocycles. The van der Waals surface area contributed by atoms with Crippen molar-refractivity contribution in [2.24, 2.45) is 0 Å². The van der Waals surface area contributed by atoms with E-state index in [-0.39, 0.29) is 7.43 Å². The Hall–Kier alpha value is -1.78. The SMILES string of the molecule is C.FC(F)(F)c1cnn(-c2ccccc2)c1. The number of hydrogen-bond acceptors (Lipinski definition) is 1. The highest BCUT2D eigenvalue weighted by atomic mass is 19.4. The molecule has 0 aliphatic heterocycles. The van der Waals surface area contributed by atoms with Crippen molar-refractivity contribution in [1.82, 2.24) is 9.78 Å². The van der Waals surface area contributed by atoms with Crippen LogP contribution in [0.3, 0.4) is 0 Å². The van der Waals surface area contributed by atoms with Gasteiger partial charge in [0, 0.05) is 6.20 Å². The number of aromatic nitrogens is 2. The van der Waals surface area contributed by atoms with Gasteiger partial charge in [0.05, 0.1) is 17.4 Å². The molecule has 0 N–H and O–H groups in total. The van der Waals surface area contributed by atoms with Crippen molar-refractivity contribution in [3.63, 3.8) is 0 Å². The molecule has 2 aromatic rings. The number of halogens is 3. The van der Waals surface area contributed by atoms with Crippen molar-refractivity contribution in [3.8, 4) is 5.69 Å². The van der Waals surface area contributed by atoms with Crippen molar-refractivity contribution in [3.05, 3.63) is 48.3 Å². The third kappa shape index (κ3) is 2.42. The molecule has 0 atom stereocenters. The zero-order valence-electron chi connectivity index (χ0n) is 7.57. The lowest BCUT2D eigenvalue weighted by Gasteiger charge is -2.01. The van der Waals surface area contributed by atoms with Crippen LogP contribution in [0.2, 0.25) is 0 Å². The summed E-state index contributed by atoms with van der Waals surface area (Å²) < 4.78 is 38.0. The molecule has 0 spiro atoms. The minimum absolute atomic E-state index is 0. The van der Waals surface area contributed by atoms with Crippen LogP contribution in [-0.2, 0) is 6.18 Å². The Kier molecular flexibility index (Phi) is 3.37. The van der Waals surface area contributed by atoms with Crippen molar-refractivity contribution < 1.29 is 13.2 Å². The molecular weight excluding hydrogens is 217 g/mol. The van der Waals surface area contributed by atoms with Gasteiger partial charge in [0.15, 0.2) is 0 Å². The molecular formula is C11H11F3N2. The first-order chi connectivity index (χ1) is 7.07. The van der Waals surface area contributed by atoms with Crippen LogP contribution in [0, 0.1) is 0 Å². The predicted molar refractivity (Wildman–Crippen MR) is 55.3 cm³/mol. The van der Waals surface area contributed by atoms with Gasteiger partial charge >= 0.3 is 6.18 Å². The number of hydrogen-bond donors (Lipinski definition) is 0. The highest BCUT2D eigenvalue weighted by molar-refractivity contribution is 5.31. The van der Waals surface area contributed by atoms with E-state index in [1.165, 1.54) is 4.68 Å². The number of rotatable bonds is 1. The Balaban J connectivity index is 0.00000128. The smallest absolute Gasteiger partial charge is 0.240 e. The van der Waals surface area contributed by atoms with Crippen LogP contribution < -0.4 is 0 Å². The van der Waals surface area contributed by atoms with E-state index < -0.39 is 11.7 Å². The van der Waals surface area contributed by atoms with E-state index in [9.17, 15) is 13.2 Å². The van der Waals surface area contributed by atoms with Crippen LogP contribution in [-0.4, -0.2) is 9.78 Å². The number of benzene rings is 1. The minimum Gasteiger partial charge on any atom is -0.240 e. The summed E-state index contributed by atoms with van der Waals surface area (Å²) in [5.41, 5.74) is -0.139. The topological polar surface area (TPSA) is 17.8 Å². The van der Waals surface area contributed by atoms with E-state index in [2.05, 4.69) is 5.10 Å². The second kappa shape index (κ2) is 4.38. The first-order valence-electron chi connectivity index (χ1n) is 4.24. The summed E-state index contributed by atoms with van der Waals surface area (Å²) in [5, 5.41) is 3.65. The monoisotopic (exact) mass is 228 g/mol. The van der Waals surface area contributed by atoms with Crippen molar-refractivity contribution in [2.45, 2.75) is 13.6 Å². The second-order valence-electron chi connectivity index (χ2n) is 3.01. The Labute approximate surface area is 91.3 Å². The lowest BCUT2D eigenvalue weighted by Crippen LogP contribution is -2.02. The van der Waals surface area contributed by atoms with Crippen molar-refractivity contribution >= 4 is 0 Å². The van der Waals surface area contributed by atoms with Gasteiger partial charge < -0.3 is 0 Å². The summed E-state index contributed by atoms with van der Waals surface area (Å²) in [6.07, 6.45) is -2.56. The molecule has 2 rings (SSSR count). The highest BCUT2D eigenvalue weighted by Crippen LogP contribution is 2.28. The average Bonchev–Trinajstić information content (AvgIpc) is 2.67. The molecule has 0 bridgehead atoms. The molecule has 0 fully saturated rings. The molecule has 0 unspecified atom stereocenters. The Morgan fingerprint density at radius 2 is 1.69 bits per heavy atom. The first kappa shape index (κ1) is 12.3. The Morgan fingerprint density at radius 1 is 1.06 bits per heavy atom. The van der Waals surface area contributed by atoms with E-state index in [0.29, 0.717) is 5.69 Å². The minimum atomic E-state index is -4.34. The van der Waals surface area contributed by atoms with Gasteiger partial charge in [-0.05, 0) is 12.1 Å². The summed E-state index contributed by atoms with van der Waals surface area (Å²) in [7, 11) is 0. The highest BCUT2D eigenvalue weighted by Gasteiger charge is 2.32. The zero-order valence-corrected chi connectivity index (χ0v) is 7.57. The summed E-state index contributed by atoms with van der Waals surface area (Å²) >= 11 is 0. The van der Waals surface area contributed by atoms with Gasteiger partial charge in [-0.3, -0.25) is 0 Å². The summed E-state index contributed by atoms with van der Waals surface area (Å²) in [6.45, 7) is 0. The van der Waals surface area contributed by atoms with E-state index in [4.69, 9.17) is 0 Å². The van der Waals surface area contributed by atoms with E-state index in [1.807, 2.05) is 0 Å². The number of nitrogens with zero attached hydrogens (tertiary/aromatic N) is 2. The second-order valence-corrected chi connectivity index (χ2v) is 3.01. The molecule has 86 valence electrons. The normalized spacial score (nSPS) is 10.9. The van der Waals surface area contributed by atoms with Gasteiger partial charge in [0.2, 0.25) is 0 Å². The standard InChI is InChI=1S/C10H7F3N2.CH4/c11-10(12,13)8-6-14-15(7-8)9-4-2-1-3-5-9;/h1-7H;1H4. The molecule has 5 heteroatoms. The third-order valence-electron chi connectivity index (χ3n) is 1.93. The lowest BCUT2D eigenvalue weighted by atomic mass is 10.3. The Bertz CT molecular complexity index is 446. The molecule has 0 saturated carbocycles. The third-order valence-corrected chi connectivity index (χ3v) is 1.93. The number of para-hydroxylation sites is 1. The van der Waals surface area contributed by atoms with Gasteiger partial charge in [-0.15, -0.1) is 0 Å². The van der Waals surface area contributed by atoms with Gasteiger partial charge in [0.1, 0.15) is 0 Å². The largest absolute Gasteiger partial charge is 0.419 e. The van der Waals surface area contributed by atoms with E-state index in [1.54, 1.807) is 30.3 Å². The van der Waals surface area contributed by atoms with Crippen molar-refractivity contribution in [1.29, 1.82) is 0 Å². The number of alkyl halides is 3. The van der Waals surface area contributed by atoms with E-state index >= 15 is 0 Å². The average molecular weight is 228 g/mol. The Morgan fingerprint density at radius 3 is 2.19 bits per heavy atom. The first-order valence-corrected chi connectivity index (χ1v) is 4.24. The van der Waals surface area contributed by atoms with Crippen LogP contribution in [0.25, 0.3) is 5.69 Å². The molecule has 16 heavy (non-hydrogen) atoms. The fourth-order valence-corrected chi connectivity index (χ4v) is 1.19. The van der Waals surface area contributed by atoms with Gasteiger partial charge in [0.25, 0.3) is 0 Å². The van der Waals surface area contributed by atoms with Gasteiger partial charge in [-0.1, -0.05) is 25.6 Å². The summed E-state index contributed by atoms with van der Waals surface area (Å²) in [4.78, 5) is 0. The van der Waals surface area contributed by atoms with Crippen LogP contribution in [0.5, 0.6) is 0 Å². The molecule has 0 radical (unpaired) electrons. The maximum Gasteiger partial charge on any atom is 0.419 e. The molecule has 0 aliphatic rings. The van der Waals surface area contributed by atoms with Crippen LogP contribution in [0.4, 0.5) is 13.2 Å². The molecule has 0 saturated heterocycles. The fraction of sp³-hybridized carbons (Fsp3) is 0.182. The fourth-order valence-electron chi connectivity index (χ4n) is 1.19. The van der Waals surface area contributed by atoms with Crippen molar-refractivity contribution in [2.75, 3.05) is 0 Å². The maximum absolute atomic E-state index is 12.3. The van der Waals surface area contributed by atoms with Crippen LogP contribution in [0.15, 0.2) is 42.7 Å². The zero-order chi connectivity index (χ0) is 10.9. The predicted octanol–water partition coefficient (Wildman–Crippen LogP) is 3.53. The quantitative estimate of drug-likeness (QED) is 0.730. The van der Waals surface area contributed by atoms with Gasteiger partial charge in [-0.2, -0.15) is 18.3 Å². The molecule has 2 nitrogen and oxygen atoms in total. The van der Waals surface area contributed by atoms with Crippen LogP contribution >= 0.6 is 0 Å². The van der Waals surface area contributed by atoms with Gasteiger partial charge in [-0.25, -0.2) is 4.68 Å².